The zero-order valence-corrected chi connectivity index (χ0v) is 41.0. The molecule has 64 heavy (non-hydrogen) atoms. The molecule has 4 nitrogen and oxygen atoms in total. The average molecular weight is 857 g/mol. The zero-order valence-electron chi connectivity index (χ0n) is 41.0. The summed E-state index contributed by atoms with van der Waals surface area (Å²) in [7, 11) is 3.92. The largest absolute Gasteiger partial charge is 0.388 e. The predicted octanol–water partition coefficient (Wildman–Crippen LogP) is 15.3. The number of rotatable bonds is 17. The van der Waals surface area contributed by atoms with Gasteiger partial charge < -0.3 is 20.4 Å². The first-order valence-corrected chi connectivity index (χ1v) is 22.8. The van der Waals surface area contributed by atoms with Crippen LogP contribution in [0, 0.1) is 12.8 Å². The fourth-order valence-corrected chi connectivity index (χ4v) is 7.19. The number of allylic oxidation sites excluding steroid dienone is 10. The molecule has 2 N–H and O–H groups in total. The van der Waals surface area contributed by atoms with Crippen molar-refractivity contribution in [2.24, 2.45) is 0 Å². The lowest BCUT2D eigenvalue weighted by Crippen LogP contribution is -2.25. The van der Waals surface area contributed by atoms with Gasteiger partial charge in [0.25, 0.3) is 0 Å². The maximum atomic E-state index is 4.38. The van der Waals surface area contributed by atoms with E-state index in [-0.39, 0.29) is 0 Å². The van der Waals surface area contributed by atoms with Crippen LogP contribution >= 0.6 is 0 Å². The lowest BCUT2D eigenvalue weighted by Gasteiger charge is -2.28. The number of terminal acetylenes is 1. The number of nitrogens with zero attached hydrogens (tertiary/aromatic N) is 2. The number of benzene rings is 3. The lowest BCUT2D eigenvalue weighted by molar-refractivity contribution is 0.425. The molecule has 3 aromatic rings. The Balaban J connectivity index is 0.000000463. The molecular weight excluding hydrogens is 777 g/mol. The summed E-state index contributed by atoms with van der Waals surface area (Å²) in [6.07, 6.45) is 35.7. The molecule has 0 bridgehead atoms. The van der Waals surface area contributed by atoms with Gasteiger partial charge in [0.15, 0.2) is 0 Å². The number of likely N-dealkylation sites (tertiary alicyclic amines) is 1. The highest BCUT2D eigenvalue weighted by atomic mass is 15.2. The van der Waals surface area contributed by atoms with Gasteiger partial charge in [0.05, 0.1) is 0 Å². The molecule has 3 aromatic carbocycles. The highest BCUT2D eigenvalue weighted by Gasteiger charge is 2.24. The number of nitrogens with one attached hydrogen (secondary N) is 2. The molecular formula is C60H80N4. The molecule has 0 radical (unpaired) electrons. The van der Waals surface area contributed by atoms with E-state index in [2.05, 4.69) is 216 Å². The van der Waals surface area contributed by atoms with Gasteiger partial charge in [-0.05, 0) is 106 Å². The summed E-state index contributed by atoms with van der Waals surface area (Å²) in [6, 6.07) is 26.2. The predicted molar refractivity (Wildman–Crippen MR) is 291 cm³/mol. The third-order valence-corrected chi connectivity index (χ3v) is 10.7. The van der Waals surface area contributed by atoms with Crippen LogP contribution in [0.3, 0.4) is 0 Å². The van der Waals surface area contributed by atoms with E-state index in [1.165, 1.54) is 63.0 Å². The molecule has 1 saturated heterocycles. The van der Waals surface area contributed by atoms with E-state index >= 15 is 0 Å². The van der Waals surface area contributed by atoms with Crippen molar-refractivity contribution in [1.82, 2.24) is 15.1 Å². The molecule has 5 rings (SSSR count). The Morgan fingerprint density at radius 3 is 1.91 bits per heavy atom. The van der Waals surface area contributed by atoms with Gasteiger partial charge in [-0.15, -0.1) is 26.0 Å². The second-order valence-corrected chi connectivity index (χ2v) is 15.4. The van der Waals surface area contributed by atoms with Gasteiger partial charge >= 0.3 is 0 Å². The Kier molecular flexibility index (Phi) is 28.2. The SMILES string of the molecule is C#C.C=C/C=C(\C)c1ccccc1C(=C)N(CC=C)CCC.C=CC1CCCN1C(=C)c1ccccc1/C(C)=C/C=C(C)C.CC.CNc1ccc(/C=C/C2=CCC(NC)C=C2)cc1. The highest BCUT2D eigenvalue weighted by molar-refractivity contribution is 5.79. The van der Waals surface area contributed by atoms with E-state index in [4.69, 9.17) is 0 Å². The van der Waals surface area contributed by atoms with Gasteiger partial charge in [0, 0.05) is 67.0 Å². The number of likely N-dealkylation sites (N-methyl/N-ethyl adjacent to an activating group) is 1. The van der Waals surface area contributed by atoms with E-state index in [0.717, 1.165) is 49.6 Å². The molecule has 1 aliphatic heterocycles. The highest BCUT2D eigenvalue weighted by Crippen LogP contribution is 2.32. The van der Waals surface area contributed by atoms with E-state index < -0.39 is 0 Å². The molecule has 0 amide bonds. The molecule has 2 unspecified atom stereocenters. The minimum atomic E-state index is 0.419. The minimum Gasteiger partial charge on any atom is -0.388 e. The third kappa shape index (κ3) is 18.6. The monoisotopic (exact) mass is 857 g/mol. The normalized spacial score (nSPS) is 15.2. The van der Waals surface area contributed by atoms with E-state index in [9.17, 15) is 0 Å². The van der Waals surface area contributed by atoms with Crippen LogP contribution in [-0.4, -0.2) is 55.6 Å². The Labute approximate surface area is 391 Å². The van der Waals surface area contributed by atoms with Crippen molar-refractivity contribution in [3.63, 3.8) is 0 Å². The first kappa shape index (κ1) is 55.7. The summed E-state index contributed by atoms with van der Waals surface area (Å²) in [5.41, 5.74) is 14.5. The van der Waals surface area contributed by atoms with Crippen molar-refractivity contribution in [2.75, 3.05) is 39.0 Å². The van der Waals surface area contributed by atoms with Crippen molar-refractivity contribution in [1.29, 1.82) is 0 Å². The fraction of sp³-hybridized carbons (Fsp3) is 0.300. The number of anilines is 1. The molecule has 340 valence electrons. The Hall–Kier alpha value is -6.28. The summed E-state index contributed by atoms with van der Waals surface area (Å²) in [5, 5.41) is 6.37. The van der Waals surface area contributed by atoms with Gasteiger partial charge in [0.2, 0.25) is 0 Å². The topological polar surface area (TPSA) is 30.5 Å². The zero-order chi connectivity index (χ0) is 47.9. The molecule has 1 aliphatic carbocycles. The van der Waals surface area contributed by atoms with Gasteiger partial charge in [-0.2, -0.15) is 0 Å². The van der Waals surface area contributed by atoms with Crippen LogP contribution in [0.1, 0.15) is 102 Å². The maximum absolute atomic E-state index is 4.38. The van der Waals surface area contributed by atoms with Crippen molar-refractivity contribution in [3.8, 4) is 12.8 Å². The standard InChI is InChI=1S/C21H27N.C19H25N.C16H20N2.C2H6.C2H2/c1-6-19-10-9-15-22(19)18(5)21-12-8-7-11-20(21)17(4)14-13-16(2)3;1-6-11-16(4)18-12-9-10-13-19(18)17(5)20(14-7-2)15-8-3;1-17-15-9-5-13(6-10-15)3-4-14-7-11-16(18-2)12-8-14;2*1-2/h6-8,11-14,19H,1,5,9-10,15H2,2-4H3;6-7,9-13H,1-2,5,8,14-15H2,3-4H3;3-11,16-18H,12H2,1-2H3;1-2H3;1-2H/b17-14+;16-11+;4-3+;;. The summed E-state index contributed by atoms with van der Waals surface area (Å²) < 4.78 is 0. The molecule has 0 aromatic heterocycles. The first-order chi connectivity index (χ1) is 31.0. The van der Waals surface area contributed by atoms with E-state index in [0.29, 0.717) is 12.1 Å². The quantitative estimate of drug-likeness (QED) is 0.0804. The van der Waals surface area contributed by atoms with Crippen molar-refractivity contribution >= 4 is 34.3 Å². The van der Waals surface area contributed by atoms with Crippen LogP contribution in [0.15, 0.2) is 178 Å². The average Bonchev–Trinajstić information content (AvgIpc) is 3.83. The Morgan fingerprint density at radius 1 is 0.797 bits per heavy atom. The number of hydrogen-bond donors (Lipinski definition) is 2. The molecule has 2 aliphatic rings. The van der Waals surface area contributed by atoms with E-state index in [1.807, 2.05) is 52.2 Å². The van der Waals surface area contributed by atoms with Gasteiger partial charge in [-0.25, -0.2) is 0 Å². The van der Waals surface area contributed by atoms with Gasteiger partial charge in [-0.3, -0.25) is 0 Å². The van der Waals surface area contributed by atoms with Crippen LogP contribution in [-0.2, 0) is 0 Å². The molecule has 2 atom stereocenters. The second-order valence-electron chi connectivity index (χ2n) is 15.4. The van der Waals surface area contributed by atoms with Gasteiger partial charge in [-0.1, -0.05) is 174 Å². The second kappa shape index (κ2) is 32.4. The van der Waals surface area contributed by atoms with Crippen molar-refractivity contribution < 1.29 is 0 Å². The molecule has 0 spiro atoms. The van der Waals surface area contributed by atoms with Crippen LogP contribution in [0.25, 0.3) is 28.6 Å². The van der Waals surface area contributed by atoms with Crippen LogP contribution in [0.2, 0.25) is 0 Å². The third-order valence-electron chi connectivity index (χ3n) is 10.7. The lowest BCUT2D eigenvalue weighted by atomic mass is 9.97. The summed E-state index contributed by atoms with van der Waals surface area (Å²) in [6.45, 7) is 37.8. The maximum Gasteiger partial charge on any atom is 0.0471 e. The van der Waals surface area contributed by atoms with Gasteiger partial charge in [0.1, 0.15) is 0 Å². The van der Waals surface area contributed by atoms with E-state index in [1.54, 1.807) is 0 Å². The fourth-order valence-electron chi connectivity index (χ4n) is 7.19. The minimum absolute atomic E-state index is 0.419. The van der Waals surface area contributed by atoms with Crippen LogP contribution < -0.4 is 10.6 Å². The van der Waals surface area contributed by atoms with Crippen LogP contribution in [0.4, 0.5) is 5.69 Å². The summed E-state index contributed by atoms with van der Waals surface area (Å²) in [5.74, 6) is 0. The van der Waals surface area contributed by atoms with Crippen LogP contribution in [0.5, 0.6) is 0 Å². The molecule has 1 heterocycles. The Morgan fingerprint density at radius 2 is 1.39 bits per heavy atom. The molecule has 0 saturated carbocycles. The van der Waals surface area contributed by atoms with Crippen molar-refractivity contribution in [3.05, 3.63) is 205 Å². The molecule has 4 heteroatoms. The first-order valence-electron chi connectivity index (χ1n) is 22.8. The number of hydrogen-bond acceptors (Lipinski definition) is 4. The summed E-state index contributed by atoms with van der Waals surface area (Å²) in [4.78, 5) is 4.66. The molecule has 1 fully saturated rings. The summed E-state index contributed by atoms with van der Waals surface area (Å²) >= 11 is 0. The van der Waals surface area contributed by atoms with Crippen molar-refractivity contribution in [2.45, 2.75) is 86.2 Å². The Bertz CT molecular complexity index is 2110. The smallest absolute Gasteiger partial charge is 0.0471 e.